The van der Waals surface area contributed by atoms with Gasteiger partial charge in [0.1, 0.15) is 5.60 Å². The van der Waals surface area contributed by atoms with Crippen LogP contribution in [-0.2, 0) is 16.8 Å². The van der Waals surface area contributed by atoms with Crippen molar-refractivity contribution in [1.82, 2.24) is 20.1 Å². The summed E-state index contributed by atoms with van der Waals surface area (Å²) in [6, 6.07) is 2.90. The summed E-state index contributed by atoms with van der Waals surface area (Å²) < 4.78 is 11.9. The van der Waals surface area contributed by atoms with E-state index in [1.807, 2.05) is 6.20 Å². The Labute approximate surface area is 167 Å². The van der Waals surface area contributed by atoms with Crippen molar-refractivity contribution >= 4 is 17.4 Å². The zero-order chi connectivity index (χ0) is 19.1. The number of aromatic nitrogens is 4. The molecule has 2 aliphatic heterocycles. The van der Waals surface area contributed by atoms with E-state index in [0.29, 0.717) is 6.01 Å². The SMILES string of the molecule is CC(C)c1noc(N2CCC3(CC2)OCCc2cc(-c4cnccn4)sc23)n1. The van der Waals surface area contributed by atoms with Crippen LogP contribution in [0.5, 0.6) is 0 Å². The van der Waals surface area contributed by atoms with Crippen LogP contribution in [0.2, 0.25) is 0 Å². The number of ether oxygens (including phenoxy) is 1. The van der Waals surface area contributed by atoms with Crippen molar-refractivity contribution in [2.24, 2.45) is 0 Å². The zero-order valence-corrected chi connectivity index (χ0v) is 16.9. The van der Waals surface area contributed by atoms with E-state index in [1.54, 1.807) is 23.7 Å². The molecule has 0 unspecified atom stereocenters. The minimum atomic E-state index is -0.212. The van der Waals surface area contributed by atoms with Crippen molar-refractivity contribution in [1.29, 1.82) is 0 Å². The molecular weight excluding hydrogens is 374 g/mol. The van der Waals surface area contributed by atoms with Crippen molar-refractivity contribution in [3.63, 3.8) is 0 Å². The quantitative estimate of drug-likeness (QED) is 0.665. The third-order valence-electron chi connectivity index (χ3n) is 5.58. The van der Waals surface area contributed by atoms with Crippen LogP contribution in [0.15, 0.2) is 29.2 Å². The summed E-state index contributed by atoms with van der Waals surface area (Å²) in [5.74, 6) is 1.03. The van der Waals surface area contributed by atoms with Crippen molar-refractivity contribution in [2.75, 3.05) is 24.6 Å². The van der Waals surface area contributed by atoms with Gasteiger partial charge in [-0.3, -0.25) is 9.97 Å². The molecule has 0 aromatic carbocycles. The Morgan fingerprint density at radius 3 is 2.79 bits per heavy atom. The Morgan fingerprint density at radius 1 is 1.21 bits per heavy atom. The number of rotatable bonds is 3. The highest BCUT2D eigenvalue weighted by Crippen LogP contribution is 2.47. The van der Waals surface area contributed by atoms with Crippen molar-refractivity contribution in [3.8, 4) is 10.6 Å². The van der Waals surface area contributed by atoms with Crippen LogP contribution >= 0.6 is 11.3 Å². The van der Waals surface area contributed by atoms with Gasteiger partial charge in [0.2, 0.25) is 0 Å². The molecule has 2 aliphatic rings. The lowest BCUT2D eigenvalue weighted by atomic mass is 9.85. The molecule has 5 heterocycles. The van der Waals surface area contributed by atoms with Crippen LogP contribution in [0, 0.1) is 0 Å². The van der Waals surface area contributed by atoms with Gasteiger partial charge < -0.3 is 14.2 Å². The minimum absolute atomic E-state index is 0.212. The summed E-state index contributed by atoms with van der Waals surface area (Å²) in [5.41, 5.74) is 2.11. The molecule has 3 aromatic rings. The maximum Gasteiger partial charge on any atom is 0.324 e. The summed E-state index contributed by atoms with van der Waals surface area (Å²) in [6.45, 7) is 6.60. The minimum Gasteiger partial charge on any atom is -0.369 e. The van der Waals surface area contributed by atoms with E-state index in [4.69, 9.17) is 9.26 Å². The maximum atomic E-state index is 6.39. The number of hydrogen-bond acceptors (Lipinski definition) is 8. The second-order valence-corrected chi connectivity index (χ2v) is 8.78. The molecule has 5 rings (SSSR count). The fraction of sp³-hybridized carbons (Fsp3) is 0.500. The summed E-state index contributed by atoms with van der Waals surface area (Å²) in [6.07, 6.45) is 8.07. The first-order chi connectivity index (χ1) is 13.6. The average molecular weight is 398 g/mol. The third kappa shape index (κ3) is 3.00. The Morgan fingerprint density at radius 2 is 2.07 bits per heavy atom. The highest BCUT2D eigenvalue weighted by molar-refractivity contribution is 7.15. The first-order valence-electron chi connectivity index (χ1n) is 9.77. The van der Waals surface area contributed by atoms with Crippen LogP contribution < -0.4 is 4.90 Å². The summed E-state index contributed by atoms with van der Waals surface area (Å²) in [5, 5.41) is 4.10. The molecule has 1 saturated heterocycles. The lowest BCUT2D eigenvalue weighted by Gasteiger charge is -2.43. The second kappa shape index (κ2) is 6.93. The predicted molar refractivity (Wildman–Crippen MR) is 107 cm³/mol. The van der Waals surface area contributed by atoms with E-state index in [0.717, 1.165) is 50.5 Å². The standard InChI is InChI=1S/C20H23N5O2S/c1-13(2)18-23-19(27-24-18)25-8-4-20(5-9-25)17-14(3-10-26-20)11-16(28-17)15-12-21-6-7-22-15/h6-7,11-13H,3-5,8-10H2,1-2H3. The van der Waals surface area contributed by atoms with Gasteiger partial charge in [-0.15, -0.1) is 11.3 Å². The lowest BCUT2D eigenvalue weighted by molar-refractivity contribution is -0.0739. The van der Waals surface area contributed by atoms with E-state index >= 15 is 0 Å². The fourth-order valence-corrected chi connectivity index (χ4v) is 5.37. The highest BCUT2D eigenvalue weighted by atomic mass is 32.1. The van der Waals surface area contributed by atoms with Gasteiger partial charge in [0, 0.05) is 36.3 Å². The van der Waals surface area contributed by atoms with Crippen LogP contribution in [-0.4, -0.2) is 39.8 Å². The van der Waals surface area contributed by atoms with Gasteiger partial charge in [-0.2, -0.15) is 4.98 Å². The zero-order valence-electron chi connectivity index (χ0n) is 16.1. The number of nitrogens with zero attached hydrogens (tertiary/aromatic N) is 5. The first kappa shape index (κ1) is 17.8. The Kier molecular flexibility index (Phi) is 4.40. The van der Waals surface area contributed by atoms with Gasteiger partial charge in [0.15, 0.2) is 5.82 Å². The van der Waals surface area contributed by atoms with Gasteiger partial charge in [0.05, 0.1) is 23.4 Å². The average Bonchev–Trinajstić information content (AvgIpc) is 3.38. The monoisotopic (exact) mass is 397 g/mol. The van der Waals surface area contributed by atoms with Crippen LogP contribution in [0.1, 0.15) is 48.9 Å². The lowest BCUT2D eigenvalue weighted by Crippen LogP contribution is -2.46. The molecule has 0 saturated carbocycles. The molecule has 0 atom stereocenters. The van der Waals surface area contributed by atoms with Crippen LogP contribution in [0.25, 0.3) is 10.6 Å². The van der Waals surface area contributed by atoms with Crippen molar-refractivity contribution in [2.45, 2.75) is 44.6 Å². The topological polar surface area (TPSA) is 77.2 Å². The number of thiophene rings is 1. The van der Waals surface area contributed by atoms with E-state index in [1.165, 1.54) is 15.3 Å². The third-order valence-corrected chi connectivity index (χ3v) is 6.96. The number of piperidine rings is 1. The highest BCUT2D eigenvalue weighted by Gasteiger charge is 2.43. The van der Waals surface area contributed by atoms with Gasteiger partial charge in [-0.05, 0) is 30.9 Å². The van der Waals surface area contributed by atoms with Crippen molar-refractivity contribution < 1.29 is 9.26 Å². The molecule has 1 spiro atoms. The molecule has 28 heavy (non-hydrogen) atoms. The van der Waals surface area contributed by atoms with Crippen molar-refractivity contribution in [3.05, 3.63) is 40.9 Å². The Balaban J connectivity index is 1.38. The van der Waals surface area contributed by atoms with Gasteiger partial charge >= 0.3 is 6.01 Å². The Hall–Kier alpha value is -2.32. The normalized spacial score (nSPS) is 18.6. The molecule has 0 amide bonds. The molecule has 7 nitrogen and oxygen atoms in total. The number of anilines is 1. The molecule has 0 bridgehead atoms. The molecule has 1 fully saturated rings. The largest absolute Gasteiger partial charge is 0.369 e. The molecule has 3 aromatic heterocycles. The van der Waals surface area contributed by atoms with Gasteiger partial charge in [-0.1, -0.05) is 19.0 Å². The smallest absolute Gasteiger partial charge is 0.324 e. The van der Waals surface area contributed by atoms with Crippen LogP contribution in [0.4, 0.5) is 6.01 Å². The predicted octanol–water partition coefficient (Wildman–Crippen LogP) is 3.78. The van der Waals surface area contributed by atoms with Crippen LogP contribution in [0.3, 0.4) is 0 Å². The summed E-state index contributed by atoms with van der Waals surface area (Å²) >= 11 is 1.80. The first-order valence-corrected chi connectivity index (χ1v) is 10.6. The maximum absolute atomic E-state index is 6.39. The molecule has 146 valence electrons. The van der Waals surface area contributed by atoms with E-state index in [-0.39, 0.29) is 11.5 Å². The molecule has 0 N–H and O–H groups in total. The second-order valence-electron chi connectivity index (χ2n) is 7.73. The Bertz CT molecular complexity index is 960. The molecule has 0 aliphatic carbocycles. The summed E-state index contributed by atoms with van der Waals surface area (Å²) in [7, 11) is 0. The van der Waals surface area contributed by atoms with E-state index in [2.05, 4.69) is 44.9 Å². The number of hydrogen-bond donors (Lipinski definition) is 0. The number of fused-ring (bicyclic) bond motifs is 2. The van der Waals surface area contributed by atoms with E-state index in [9.17, 15) is 0 Å². The van der Waals surface area contributed by atoms with Gasteiger partial charge in [0.25, 0.3) is 0 Å². The summed E-state index contributed by atoms with van der Waals surface area (Å²) in [4.78, 5) is 17.9. The molecule has 0 radical (unpaired) electrons. The van der Waals surface area contributed by atoms with Gasteiger partial charge in [-0.25, -0.2) is 0 Å². The molecule has 8 heteroatoms. The molecular formula is C20H23N5O2S. The van der Waals surface area contributed by atoms with E-state index < -0.39 is 0 Å². The fourth-order valence-electron chi connectivity index (χ4n) is 3.99.